The first-order valence-corrected chi connectivity index (χ1v) is 15.2. The summed E-state index contributed by atoms with van der Waals surface area (Å²) in [6.07, 6.45) is -7.66. The highest BCUT2D eigenvalue weighted by molar-refractivity contribution is 7.51. The third-order valence-corrected chi connectivity index (χ3v) is 8.30. The molecule has 0 spiro atoms. The third kappa shape index (κ3) is 9.03. The predicted octanol–water partition coefficient (Wildman–Crippen LogP) is 1.35. The van der Waals surface area contributed by atoms with Gasteiger partial charge in [-0.2, -0.15) is 0 Å². The second kappa shape index (κ2) is 14.9. The zero-order chi connectivity index (χ0) is 32.1. The predicted molar refractivity (Wildman–Crippen MR) is 144 cm³/mol. The lowest BCUT2D eigenvalue weighted by Gasteiger charge is -2.48. The maximum Gasteiger partial charge on any atom is 0.405 e. The van der Waals surface area contributed by atoms with Crippen LogP contribution in [0.1, 0.15) is 41.5 Å². The molecule has 3 aliphatic heterocycles. The van der Waals surface area contributed by atoms with Crippen molar-refractivity contribution in [1.82, 2.24) is 5.09 Å². The standard InChI is InChI=1S/C26H42NO15P/c1-10-11-34-25-23-22(41-26(6,7)42-23)19(13(2)36-25)40-24-18(27-43(31,32-8)33-9)21(38-16(5)30)20(37-15(4)29)17(39-24)12-35-14(3)28/h10,13,17-25H,1,11-12H2,2-9H3,(H,27,31)/t13-,17+,18+,19-,20+,21+,22+,23+,24-,25+/m0/s1. The molecular weight excluding hydrogens is 597 g/mol. The van der Waals surface area contributed by atoms with E-state index in [9.17, 15) is 18.9 Å². The molecule has 3 fully saturated rings. The number of ether oxygens (including phenoxy) is 9. The molecule has 0 aromatic carbocycles. The van der Waals surface area contributed by atoms with Gasteiger partial charge in [0.25, 0.3) is 0 Å². The Balaban J connectivity index is 2.04. The largest absolute Gasteiger partial charge is 0.463 e. The number of carbonyl (C=O) groups is 3. The van der Waals surface area contributed by atoms with Gasteiger partial charge in [-0.1, -0.05) is 6.08 Å². The van der Waals surface area contributed by atoms with Gasteiger partial charge in [-0.3, -0.25) is 14.4 Å². The van der Waals surface area contributed by atoms with Crippen molar-refractivity contribution in [2.24, 2.45) is 0 Å². The van der Waals surface area contributed by atoms with Crippen molar-refractivity contribution in [2.75, 3.05) is 27.4 Å². The Morgan fingerprint density at radius 3 is 2.07 bits per heavy atom. The molecule has 17 heteroatoms. The Bertz CT molecular complexity index is 1050. The van der Waals surface area contributed by atoms with Crippen LogP contribution in [0.2, 0.25) is 0 Å². The van der Waals surface area contributed by atoms with Crippen molar-refractivity contribution in [2.45, 2.75) is 109 Å². The van der Waals surface area contributed by atoms with Crippen molar-refractivity contribution in [3.63, 3.8) is 0 Å². The van der Waals surface area contributed by atoms with Crippen LogP contribution in [0, 0.1) is 0 Å². The lowest BCUT2D eigenvalue weighted by molar-refractivity contribution is -0.329. The number of hydrogen-bond donors (Lipinski definition) is 1. The maximum absolute atomic E-state index is 13.3. The average Bonchev–Trinajstić information content (AvgIpc) is 3.25. The van der Waals surface area contributed by atoms with Gasteiger partial charge in [0.2, 0.25) is 0 Å². The summed E-state index contributed by atoms with van der Waals surface area (Å²) in [7, 11) is -1.78. The van der Waals surface area contributed by atoms with E-state index in [1.54, 1.807) is 26.8 Å². The first-order chi connectivity index (χ1) is 20.1. The van der Waals surface area contributed by atoms with E-state index >= 15 is 0 Å². The molecule has 10 atom stereocenters. The third-order valence-electron chi connectivity index (χ3n) is 6.73. The van der Waals surface area contributed by atoms with Gasteiger partial charge in [-0.15, -0.1) is 6.58 Å². The summed E-state index contributed by atoms with van der Waals surface area (Å²) in [5, 5.41) is 2.68. The molecule has 0 amide bonds. The fourth-order valence-electron chi connectivity index (χ4n) is 5.07. The molecule has 0 aliphatic carbocycles. The van der Waals surface area contributed by atoms with Crippen LogP contribution in [0.25, 0.3) is 0 Å². The minimum absolute atomic E-state index is 0.191. The molecule has 1 N–H and O–H groups in total. The molecule has 3 rings (SSSR count). The summed E-state index contributed by atoms with van der Waals surface area (Å²) < 4.78 is 76.5. The summed E-state index contributed by atoms with van der Waals surface area (Å²) in [6.45, 7) is 12.1. The Labute approximate surface area is 250 Å². The maximum atomic E-state index is 13.3. The second-order valence-corrected chi connectivity index (χ2v) is 12.5. The second-order valence-electron chi connectivity index (χ2n) is 10.5. The van der Waals surface area contributed by atoms with Crippen LogP contribution in [0.3, 0.4) is 0 Å². The molecule has 0 unspecified atom stereocenters. The molecular formula is C26H42NO15P. The van der Waals surface area contributed by atoms with E-state index in [0.717, 1.165) is 28.1 Å². The van der Waals surface area contributed by atoms with Gasteiger partial charge in [0, 0.05) is 35.0 Å². The highest BCUT2D eigenvalue weighted by atomic mass is 31.2. The lowest BCUT2D eigenvalue weighted by atomic mass is 9.95. The summed E-state index contributed by atoms with van der Waals surface area (Å²) in [5.41, 5.74) is 0. The number of rotatable bonds is 13. The molecule has 0 aromatic heterocycles. The highest BCUT2D eigenvalue weighted by Gasteiger charge is 2.59. The van der Waals surface area contributed by atoms with E-state index in [2.05, 4.69) is 11.7 Å². The Morgan fingerprint density at radius 1 is 0.907 bits per heavy atom. The minimum atomic E-state index is -4.06. The molecule has 246 valence electrons. The first kappa shape index (κ1) is 35.5. The van der Waals surface area contributed by atoms with Crippen molar-refractivity contribution >= 4 is 25.7 Å². The van der Waals surface area contributed by atoms with Crippen LogP contribution in [-0.4, -0.2) is 112 Å². The van der Waals surface area contributed by atoms with Crippen LogP contribution < -0.4 is 5.09 Å². The summed E-state index contributed by atoms with van der Waals surface area (Å²) in [6, 6.07) is -1.33. The molecule has 0 bridgehead atoms. The van der Waals surface area contributed by atoms with Crippen molar-refractivity contribution < 1.29 is 70.6 Å². The topological polar surface area (TPSA) is 182 Å². The van der Waals surface area contributed by atoms with Crippen molar-refractivity contribution in [1.29, 1.82) is 0 Å². The van der Waals surface area contributed by atoms with Crippen LogP contribution in [-0.2, 0) is 70.6 Å². The summed E-state index contributed by atoms with van der Waals surface area (Å²) in [5.74, 6) is -3.20. The van der Waals surface area contributed by atoms with Gasteiger partial charge in [0.1, 0.15) is 37.1 Å². The average molecular weight is 640 g/mol. The van der Waals surface area contributed by atoms with Gasteiger partial charge >= 0.3 is 25.7 Å². The minimum Gasteiger partial charge on any atom is -0.463 e. The van der Waals surface area contributed by atoms with E-state index in [-0.39, 0.29) is 6.61 Å². The Morgan fingerprint density at radius 2 is 1.51 bits per heavy atom. The zero-order valence-corrected chi connectivity index (χ0v) is 26.4. The zero-order valence-electron chi connectivity index (χ0n) is 25.5. The van der Waals surface area contributed by atoms with Crippen molar-refractivity contribution in [3.05, 3.63) is 12.7 Å². The number of carbonyl (C=O) groups excluding carboxylic acids is 3. The van der Waals surface area contributed by atoms with E-state index in [1.807, 2.05) is 0 Å². The van der Waals surface area contributed by atoms with E-state index in [0.29, 0.717) is 0 Å². The molecule has 43 heavy (non-hydrogen) atoms. The highest BCUT2D eigenvalue weighted by Crippen LogP contribution is 2.45. The fourth-order valence-corrected chi connectivity index (χ4v) is 6.07. The molecule has 0 aromatic rings. The SMILES string of the molecule is C=CCO[C@@H]1O[C@@H](C)[C@H](O[C@@H]2O[C@H](COC(C)=O)[C@@H](OC(C)=O)[C@H](OC(C)=O)[C@H]2NP(=O)(OC)OC)[C@H]2OC(C)(C)O[C@@H]12. The van der Waals surface area contributed by atoms with Crippen LogP contribution in [0.15, 0.2) is 12.7 Å². The Kier molecular flexibility index (Phi) is 12.3. The molecule has 3 saturated heterocycles. The van der Waals surface area contributed by atoms with Crippen LogP contribution >= 0.6 is 7.75 Å². The van der Waals surface area contributed by atoms with Gasteiger partial charge < -0.3 is 51.7 Å². The monoisotopic (exact) mass is 639 g/mol. The summed E-state index contributed by atoms with van der Waals surface area (Å²) in [4.78, 5) is 36.1. The van der Waals surface area contributed by atoms with Gasteiger partial charge in [-0.05, 0) is 20.8 Å². The van der Waals surface area contributed by atoms with Gasteiger partial charge in [0.05, 0.1) is 12.7 Å². The first-order valence-electron chi connectivity index (χ1n) is 13.6. The molecule has 3 heterocycles. The number of fused-ring (bicyclic) bond motifs is 1. The van der Waals surface area contributed by atoms with Crippen LogP contribution in [0.4, 0.5) is 0 Å². The smallest absolute Gasteiger partial charge is 0.405 e. The number of hydrogen-bond acceptors (Lipinski definition) is 15. The van der Waals surface area contributed by atoms with E-state index < -0.39 is 99.4 Å². The van der Waals surface area contributed by atoms with E-state index in [4.69, 9.17) is 51.7 Å². The lowest BCUT2D eigenvalue weighted by Crippen LogP contribution is -2.67. The van der Waals surface area contributed by atoms with Gasteiger partial charge in [-0.25, -0.2) is 9.65 Å². The summed E-state index contributed by atoms with van der Waals surface area (Å²) >= 11 is 0. The molecule has 0 radical (unpaired) electrons. The molecule has 0 saturated carbocycles. The molecule has 3 aliphatic rings. The van der Waals surface area contributed by atoms with Gasteiger partial charge in [0.15, 0.2) is 30.6 Å². The van der Waals surface area contributed by atoms with E-state index in [1.165, 1.54) is 6.92 Å². The Hall–Kier alpha value is -1.98. The number of esters is 3. The van der Waals surface area contributed by atoms with Crippen molar-refractivity contribution in [3.8, 4) is 0 Å². The van der Waals surface area contributed by atoms with Crippen LogP contribution in [0.5, 0.6) is 0 Å². The normalized spacial score (nSPS) is 35.4. The number of nitrogens with one attached hydrogen (secondary N) is 1. The fraction of sp³-hybridized carbons (Fsp3) is 0.808. The molecule has 16 nitrogen and oxygen atoms in total. The quantitative estimate of drug-likeness (QED) is 0.132.